The molecule has 1 aromatic heterocycles. The van der Waals surface area contributed by atoms with Crippen LogP contribution in [0.1, 0.15) is 32.4 Å². The van der Waals surface area contributed by atoms with Gasteiger partial charge in [-0.1, -0.05) is 11.6 Å². The lowest BCUT2D eigenvalue weighted by molar-refractivity contribution is -0.0392. The lowest BCUT2D eigenvalue weighted by Gasteiger charge is -2.40. The fourth-order valence-electron chi connectivity index (χ4n) is 2.82. The molecule has 2 rings (SSSR count). The molecule has 1 aliphatic heterocycles. The highest BCUT2D eigenvalue weighted by molar-refractivity contribution is 6.31. The van der Waals surface area contributed by atoms with Gasteiger partial charge in [-0.3, -0.25) is 4.68 Å². The fourth-order valence-corrected chi connectivity index (χ4v) is 3.14. The molecule has 0 aromatic carbocycles. The van der Waals surface area contributed by atoms with Gasteiger partial charge in [-0.2, -0.15) is 5.10 Å². The summed E-state index contributed by atoms with van der Waals surface area (Å²) in [6, 6.07) is 0.508. The monoisotopic (exact) mass is 301 g/mol. The molecule has 1 saturated heterocycles. The van der Waals surface area contributed by atoms with E-state index in [1.54, 1.807) is 18.0 Å². The average Bonchev–Trinajstić information content (AvgIpc) is 2.78. The first-order valence-corrected chi connectivity index (χ1v) is 7.53. The maximum Gasteiger partial charge on any atom is 0.110 e. The lowest BCUT2D eigenvalue weighted by Crippen LogP contribution is -2.46. The lowest BCUT2D eigenvalue weighted by atomic mass is 9.87. The van der Waals surface area contributed by atoms with E-state index in [1.165, 1.54) is 0 Å². The van der Waals surface area contributed by atoms with Gasteiger partial charge in [0.05, 0.1) is 30.1 Å². The summed E-state index contributed by atoms with van der Waals surface area (Å²) in [6.07, 6.45) is 2.98. The Labute approximate surface area is 125 Å². The third-order valence-electron chi connectivity index (χ3n) is 4.10. The van der Waals surface area contributed by atoms with E-state index in [9.17, 15) is 5.11 Å². The molecular formula is C14H24ClN3O2. The zero-order chi connectivity index (χ0) is 14.8. The molecule has 114 valence electrons. The van der Waals surface area contributed by atoms with Crippen molar-refractivity contribution in [3.63, 3.8) is 0 Å². The fraction of sp³-hybridized carbons (Fsp3) is 0.786. The number of methoxy groups -OCH3 is 1. The van der Waals surface area contributed by atoms with Crippen LogP contribution in [0.25, 0.3) is 0 Å². The van der Waals surface area contributed by atoms with Crippen molar-refractivity contribution in [1.82, 2.24) is 14.7 Å². The molecule has 1 fully saturated rings. The zero-order valence-electron chi connectivity index (χ0n) is 12.5. The van der Waals surface area contributed by atoms with Crippen LogP contribution in [0.15, 0.2) is 6.20 Å². The number of nitrogens with zero attached hydrogens (tertiary/aromatic N) is 3. The van der Waals surface area contributed by atoms with E-state index in [2.05, 4.69) is 23.8 Å². The van der Waals surface area contributed by atoms with Gasteiger partial charge in [-0.05, 0) is 26.7 Å². The summed E-state index contributed by atoms with van der Waals surface area (Å²) in [5.74, 6) is 0. The van der Waals surface area contributed by atoms with E-state index >= 15 is 0 Å². The number of hydrogen-bond acceptors (Lipinski definition) is 4. The highest BCUT2D eigenvalue weighted by Gasteiger charge is 2.39. The van der Waals surface area contributed by atoms with Crippen LogP contribution >= 0.6 is 11.6 Å². The number of ether oxygens (including phenoxy) is 1. The van der Waals surface area contributed by atoms with Crippen LogP contribution in [0.4, 0.5) is 0 Å². The molecule has 0 radical (unpaired) electrons. The minimum atomic E-state index is -0.882. The van der Waals surface area contributed by atoms with Crippen molar-refractivity contribution in [2.24, 2.45) is 0 Å². The summed E-state index contributed by atoms with van der Waals surface area (Å²) < 4.78 is 6.86. The summed E-state index contributed by atoms with van der Waals surface area (Å²) in [7, 11) is 1.65. The minimum absolute atomic E-state index is 0.508. The Morgan fingerprint density at radius 2 is 2.10 bits per heavy atom. The topological polar surface area (TPSA) is 50.5 Å². The number of rotatable bonds is 5. The van der Waals surface area contributed by atoms with Crippen molar-refractivity contribution >= 4 is 11.6 Å². The summed E-state index contributed by atoms with van der Waals surface area (Å²) in [6.45, 7) is 7.27. The molecule has 6 heteroatoms. The molecule has 1 aliphatic rings. The predicted octanol–water partition coefficient (Wildman–Crippen LogP) is 1.87. The molecule has 1 N–H and O–H groups in total. The van der Waals surface area contributed by atoms with Gasteiger partial charge in [0.25, 0.3) is 0 Å². The van der Waals surface area contributed by atoms with Crippen LogP contribution in [-0.4, -0.2) is 52.6 Å². The Hall–Kier alpha value is -0.620. The van der Waals surface area contributed by atoms with Gasteiger partial charge >= 0.3 is 0 Å². The van der Waals surface area contributed by atoms with Crippen LogP contribution in [0.3, 0.4) is 0 Å². The molecule has 0 aliphatic carbocycles. The van der Waals surface area contributed by atoms with Crippen molar-refractivity contribution in [3.05, 3.63) is 16.9 Å². The molecule has 20 heavy (non-hydrogen) atoms. The molecule has 0 saturated carbocycles. The zero-order valence-corrected chi connectivity index (χ0v) is 13.2. The highest BCUT2D eigenvalue weighted by Crippen LogP contribution is 2.37. The van der Waals surface area contributed by atoms with Gasteiger partial charge in [0.15, 0.2) is 0 Å². The largest absolute Gasteiger partial charge is 0.383 e. The summed E-state index contributed by atoms with van der Waals surface area (Å²) in [5, 5.41) is 15.8. The second-order valence-corrected chi connectivity index (χ2v) is 6.13. The van der Waals surface area contributed by atoms with E-state index in [0.717, 1.165) is 18.8 Å². The Bertz CT molecular complexity index is 440. The summed E-state index contributed by atoms with van der Waals surface area (Å²) in [4.78, 5) is 2.37. The Morgan fingerprint density at radius 3 is 2.65 bits per heavy atom. The Morgan fingerprint density at radius 1 is 1.45 bits per heavy atom. The van der Waals surface area contributed by atoms with Gasteiger partial charge in [0, 0.05) is 26.2 Å². The first kappa shape index (κ1) is 15.8. The molecule has 5 nitrogen and oxygen atoms in total. The summed E-state index contributed by atoms with van der Waals surface area (Å²) in [5.41, 5.74) is -0.146. The summed E-state index contributed by atoms with van der Waals surface area (Å²) >= 11 is 6.25. The van der Waals surface area contributed by atoms with Crippen LogP contribution < -0.4 is 0 Å². The maximum atomic E-state index is 11.0. The minimum Gasteiger partial charge on any atom is -0.383 e. The SMILES string of the molecule is COCCn1ncc(Cl)c1C1(O)CCN(C(C)C)CC1. The van der Waals surface area contributed by atoms with E-state index in [0.29, 0.717) is 37.1 Å². The van der Waals surface area contributed by atoms with Gasteiger partial charge < -0.3 is 14.7 Å². The van der Waals surface area contributed by atoms with E-state index in [1.807, 2.05) is 0 Å². The average molecular weight is 302 g/mol. The van der Waals surface area contributed by atoms with E-state index in [4.69, 9.17) is 16.3 Å². The van der Waals surface area contributed by atoms with E-state index in [-0.39, 0.29) is 0 Å². The molecule has 0 amide bonds. The van der Waals surface area contributed by atoms with E-state index < -0.39 is 5.60 Å². The molecular weight excluding hydrogens is 278 g/mol. The third kappa shape index (κ3) is 3.17. The van der Waals surface area contributed by atoms with Crippen molar-refractivity contribution in [3.8, 4) is 0 Å². The molecule has 0 atom stereocenters. The Balaban J connectivity index is 2.16. The van der Waals surface area contributed by atoms with Crippen LogP contribution in [-0.2, 0) is 16.9 Å². The van der Waals surface area contributed by atoms with Gasteiger partial charge in [-0.25, -0.2) is 0 Å². The molecule has 0 spiro atoms. The predicted molar refractivity (Wildman–Crippen MR) is 79.0 cm³/mol. The van der Waals surface area contributed by atoms with Gasteiger partial charge in [0.1, 0.15) is 5.60 Å². The smallest absolute Gasteiger partial charge is 0.110 e. The third-order valence-corrected chi connectivity index (χ3v) is 4.37. The highest BCUT2D eigenvalue weighted by atomic mass is 35.5. The molecule has 0 bridgehead atoms. The number of aromatic nitrogens is 2. The van der Waals surface area contributed by atoms with Gasteiger partial charge in [-0.15, -0.1) is 0 Å². The van der Waals surface area contributed by atoms with Crippen molar-refractivity contribution < 1.29 is 9.84 Å². The number of likely N-dealkylation sites (tertiary alicyclic amines) is 1. The normalized spacial score (nSPS) is 19.7. The molecule has 1 aromatic rings. The van der Waals surface area contributed by atoms with Crippen LogP contribution in [0.2, 0.25) is 5.02 Å². The van der Waals surface area contributed by atoms with Crippen LogP contribution in [0.5, 0.6) is 0 Å². The van der Waals surface area contributed by atoms with Crippen molar-refractivity contribution in [1.29, 1.82) is 0 Å². The second-order valence-electron chi connectivity index (χ2n) is 5.72. The number of piperidine rings is 1. The first-order chi connectivity index (χ1) is 9.48. The quantitative estimate of drug-likeness (QED) is 0.902. The molecule has 2 heterocycles. The van der Waals surface area contributed by atoms with Crippen molar-refractivity contribution in [2.45, 2.75) is 44.9 Å². The second kappa shape index (κ2) is 6.43. The Kier molecular flexibility index (Phi) is 5.07. The maximum absolute atomic E-state index is 11.0. The van der Waals surface area contributed by atoms with Crippen LogP contribution in [0, 0.1) is 0 Å². The first-order valence-electron chi connectivity index (χ1n) is 7.15. The molecule has 0 unspecified atom stereocenters. The number of aliphatic hydroxyl groups is 1. The van der Waals surface area contributed by atoms with Gasteiger partial charge in [0.2, 0.25) is 0 Å². The standard InChI is InChI=1S/C14H24ClN3O2/c1-11(2)17-6-4-14(19,5-7-17)13-12(15)10-16-18(13)8-9-20-3/h10-11,19H,4-9H2,1-3H3. The number of halogens is 1. The van der Waals surface area contributed by atoms with Crippen molar-refractivity contribution in [2.75, 3.05) is 26.8 Å². The number of hydrogen-bond donors (Lipinski definition) is 1.